The zero-order chi connectivity index (χ0) is 10.7. The van der Waals surface area contributed by atoms with Crippen molar-refractivity contribution in [3.8, 4) is 0 Å². The fourth-order valence-electron chi connectivity index (χ4n) is 1.07. The van der Waals surface area contributed by atoms with Crippen LogP contribution in [0.5, 0.6) is 0 Å². The lowest BCUT2D eigenvalue weighted by atomic mass is 10.5. The summed E-state index contributed by atoms with van der Waals surface area (Å²) in [7, 11) is -0.796. The van der Waals surface area contributed by atoms with Gasteiger partial charge >= 0.3 is 0 Å². The molecule has 1 unspecified atom stereocenters. The molecule has 0 aliphatic rings. The van der Waals surface area contributed by atoms with Gasteiger partial charge in [0.25, 0.3) is 0 Å². The Kier molecular flexibility index (Phi) is 2.86. The zero-order valence-corrected chi connectivity index (χ0v) is 8.94. The maximum absolute atomic E-state index is 10.8. The lowest BCUT2D eigenvalue weighted by Crippen LogP contribution is -2.11. The molecule has 15 heavy (non-hydrogen) atoms. The first kappa shape index (κ1) is 9.97. The Hall–Kier alpha value is -1.57. The second-order valence-electron chi connectivity index (χ2n) is 2.95. The summed E-state index contributed by atoms with van der Waals surface area (Å²) in [6.45, 7) is 0.615. The highest BCUT2D eigenvalue weighted by molar-refractivity contribution is 7.84. The number of aromatic nitrogens is 5. The topological polar surface area (TPSA) is 85.1 Å². The number of nitrogens with one attached hydrogen (secondary N) is 1. The molecule has 2 heterocycles. The van der Waals surface area contributed by atoms with Crippen LogP contribution in [0.3, 0.4) is 0 Å². The number of nitrogens with zero attached hydrogens (tertiary/aromatic N) is 5. The van der Waals surface area contributed by atoms with Gasteiger partial charge < -0.3 is 5.32 Å². The molecule has 0 radical (unpaired) electrons. The van der Waals surface area contributed by atoms with Crippen molar-refractivity contribution < 1.29 is 4.21 Å². The lowest BCUT2D eigenvalue weighted by Gasteiger charge is -2.02. The summed E-state index contributed by atoms with van der Waals surface area (Å²) >= 11 is 0. The van der Waals surface area contributed by atoms with Crippen molar-refractivity contribution in [1.29, 1.82) is 0 Å². The first-order chi connectivity index (χ1) is 7.25. The standard InChI is InChI=1S/C7H10N6OS/c1-15(14)5-4-8-6-2-3-7-9-11-12-13(7)10-6/h2-3H,4-5H2,1H3,(H,8,10). The summed E-state index contributed by atoms with van der Waals surface area (Å²) < 4.78 is 12.2. The molecule has 0 spiro atoms. The number of hydrogen-bond donors (Lipinski definition) is 1. The van der Waals surface area contributed by atoms with Gasteiger partial charge in [0, 0.05) is 29.4 Å². The second-order valence-corrected chi connectivity index (χ2v) is 4.50. The molecule has 1 atom stereocenters. The Morgan fingerprint density at radius 1 is 1.53 bits per heavy atom. The van der Waals surface area contributed by atoms with Gasteiger partial charge in [-0.05, 0) is 22.6 Å². The summed E-state index contributed by atoms with van der Waals surface area (Å²) in [5.74, 6) is 1.26. The van der Waals surface area contributed by atoms with Gasteiger partial charge in [0.05, 0.1) is 0 Å². The van der Waals surface area contributed by atoms with Gasteiger partial charge in [0.2, 0.25) is 0 Å². The van der Waals surface area contributed by atoms with Crippen molar-refractivity contribution in [3.63, 3.8) is 0 Å². The molecule has 0 bridgehead atoms. The smallest absolute Gasteiger partial charge is 0.200 e. The highest BCUT2D eigenvalue weighted by Gasteiger charge is 1.99. The fraction of sp³-hybridized carbons (Fsp3) is 0.429. The molecule has 0 aliphatic carbocycles. The van der Waals surface area contributed by atoms with Crippen LogP contribution >= 0.6 is 0 Å². The van der Waals surface area contributed by atoms with Crippen LogP contribution in [0.1, 0.15) is 0 Å². The monoisotopic (exact) mass is 226 g/mol. The predicted molar refractivity (Wildman–Crippen MR) is 56.0 cm³/mol. The molecule has 0 saturated carbocycles. The van der Waals surface area contributed by atoms with Crippen LogP contribution in [0.25, 0.3) is 5.65 Å². The molecule has 0 amide bonds. The third-order valence-electron chi connectivity index (χ3n) is 1.77. The quantitative estimate of drug-likeness (QED) is 0.742. The number of hydrogen-bond acceptors (Lipinski definition) is 6. The van der Waals surface area contributed by atoms with E-state index in [4.69, 9.17) is 0 Å². The number of tetrazole rings is 1. The van der Waals surface area contributed by atoms with Crippen molar-refractivity contribution in [3.05, 3.63) is 12.1 Å². The fourth-order valence-corrected chi connectivity index (χ4v) is 1.46. The Morgan fingerprint density at radius 2 is 2.40 bits per heavy atom. The van der Waals surface area contributed by atoms with Gasteiger partial charge in [-0.1, -0.05) is 0 Å². The van der Waals surface area contributed by atoms with E-state index in [0.717, 1.165) is 0 Å². The molecule has 0 aromatic carbocycles. The third kappa shape index (κ3) is 2.46. The highest BCUT2D eigenvalue weighted by Crippen LogP contribution is 2.02. The molecule has 2 aromatic heterocycles. The Bertz CT molecular complexity index is 483. The Labute approximate surface area is 88.3 Å². The van der Waals surface area contributed by atoms with Crippen LogP contribution in [0.15, 0.2) is 12.1 Å². The van der Waals surface area contributed by atoms with Gasteiger partial charge in [-0.3, -0.25) is 4.21 Å². The van der Waals surface area contributed by atoms with E-state index in [9.17, 15) is 4.21 Å². The van der Waals surface area contributed by atoms with Gasteiger partial charge in [-0.25, -0.2) is 0 Å². The molecular weight excluding hydrogens is 216 g/mol. The summed E-state index contributed by atoms with van der Waals surface area (Å²) in [4.78, 5) is 0. The van der Waals surface area contributed by atoms with Crippen molar-refractivity contribution in [2.24, 2.45) is 0 Å². The minimum atomic E-state index is -0.796. The number of rotatable bonds is 4. The SMILES string of the molecule is CS(=O)CCNc1ccc2nnnn2n1. The molecule has 0 aliphatic heterocycles. The minimum Gasteiger partial charge on any atom is -0.368 e. The maximum atomic E-state index is 10.8. The van der Waals surface area contributed by atoms with Crippen LogP contribution in [-0.4, -0.2) is 48.0 Å². The molecular formula is C7H10N6OS. The average molecular weight is 226 g/mol. The van der Waals surface area contributed by atoms with Crippen molar-refractivity contribution in [2.45, 2.75) is 0 Å². The molecule has 7 nitrogen and oxygen atoms in total. The van der Waals surface area contributed by atoms with E-state index in [-0.39, 0.29) is 0 Å². The van der Waals surface area contributed by atoms with Crippen LogP contribution < -0.4 is 5.32 Å². The first-order valence-corrected chi connectivity index (χ1v) is 6.08. The van der Waals surface area contributed by atoms with Gasteiger partial charge in [0.15, 0.2) is 5.65 Å². The van der Waals surface area contributed by atoms with Crippen LogP contribution in [0, 0.1) is 0 Å². The Morgan fingerprint density at radius 3 is 3.20 bits per heavy atom. The first-order valence-electron chi connectivity index (χ1n) is 4.35. The van der Waals surface area contributed by atoms with E-state index in [1.54, 1.807) is 18.4 Å². The molecule has 2 aromatic rings. The van der Waals surface area contributed by atoms with Gasteiger partial charge in [0.1, 0.15) is 5.82 Å². The number of anilines is 1. The minimum absolute atomic E-state index is 0.593. The molecule has 0 saturated heterocycles. The summed E-state index contributed by atoms with van der Waals surface area (Å²) in [6, 6.07) is 3.54. The average Bonchev–Trinajstić information content (AvgIpc) is 2.64. The van der Waals surface area contributed by atoms with E-state index in [1.165, 1.54) is 4.63 Å². The van der Waals surface area contributed by atoms with Crippen LogP contribution in [0.4, 0.5) is 5.82 Å². The molecule has 2 rings (SSSR count). The number of fused-ring (bicyclic) bond motifs is 1. The summed E-state index contributed by atoms with van der Waals surface area (Å²) in [5.41, 5.74) is 0.597. The lowest BCUT2D eigenvalue weighted by molar-refractivity contribution is 0.686. The van der Waals surface area contributed by atoms with Crippen LogP contribution in [-0.2, 0) is 10.8 Å². The zero-order valence-electron chi connectivity index (χ0n) is 8.12. The van der Waals surface area contributed by atoms with Gasteiger partial charge in [-0.15, -0.1) is 14.8 Å². The highest BCUT2D eigenvalue weighted by atomic mass is 32.2. The van der Waals surface area contributed by atoms with E-state index in [2.05, 4.69) is 25.9 Å². The van der Waals surface area contributed by atoms with E-state index < -0.39 is 10.8 Å². The van der Waals surface area contributed by atoms with E-state index >= 15 is 0 Å². The molecule has 0 fully saturated rings. The van der Waals surface area contributed by atoms with Gasteiger partial charge in [-0.2, -0.15) is 0 Å². The summed E-state index contributed by atoms with van der Waals surface area (Å²) in [5, 5.41) is 18.0. The Balaban J connectivity index is 2.04. The van der Waals surface area contributed by atoms with E-state index in [0.29, 0.717) is 23.8 Å². The van der Waals surface area contributed by atoms with E-state index in [1.807, 2.05) is 0 Å². The normalized spacial score (nSPS) is 12.9. The molecule has 1 N–H and O–H groups in total. The van der Waals surface area contributed by atoms with Crippen LogP contribution in [0.2, 0.25) is 0 Å². The van der Waals surface area contributed by atoms with Crippen molar-refractivity contribution >= 4 is 22.3 Å². The van der Waals surface area contributed by atoms with Crippen molar-refractivity contribution in [2.75, 3.05) is 23.9 Å². The molecule has 80 valence electrons. The second kappa shape index (κ2) is 4.30. The maximum Gasteiger partial charge on any atom is 0.200 e. The largest absolute Gasteiger partial charge is 0.368 e. The third-order valence-corrected chi connectivity index (χ3v) is 2.54. The summed E-state index contributed by atoms with van der Waals surface area (Å²) in [6.07, 6.45) is 1.67. The predicted octanol–water partition coefficient (Wildman–Crippen LogP) is -0.690. The molecule has 8 heteroatoms. The van der Waals surface area contributed by atoms with Crippen molar-refractivity contribution in [1.82, 2.24) is 25.3 Å².